The van der Waals surface area contributed by atoms with Crippen molar-refractivity contribution in [1.82, 2.24) is 5.31 Å². The summed E-state index contributed by atoms with van der Waals surface area (Å²) in [5, 5.41) is 0.600. The van der Waals surface area contributed by atoms with Crippen LogP contribution in [0.5, 0.6) is 5.75 Å². The molecule has 0 heterocycles. The van der Waals surface area contributed by atoms with Gasteiger partial charge in [0.2, 0.25) is 0 Å². The highest BCUT2D eigenvalue weighted by Gasteiger charge is 2.08. The fourth-order valence-electron chi connectivity index (χ4n) is 1.56. The molecule has 0 saturated heterocycles. The van der Waals surface area contributed by atoms with Gasteiger partial charge in [0.25, 0.3) is 7.06 Å². The number of esters is 2. The maximum atomic E-state index is 12.1. The summed E-state index contributed by atoms with van der Waals surface area (Å²) in [5.74, 6) is -3.01. The number of guanidine groups is 1. The Morgan fingerprint density at radius 1 is 1.36 bits per heavy atom. The van der Waals surface area contributed by atoms with E-state index in [-0.39, 0.29) is 30.7 Å². The van der Waals surface area contributed by atoms with Crippen LogP contribution in [0, 0.1) is 0 Å². The second kappa shape index (κ2) is 13.5. The van der Waals surface area contributed by atoms with Crippen molar-refractivity contribution in [3.63, 3.8) is 0 Å². The van der Waals surface area contributed by atoms with E-state index < -0.39 is 63.5 Å². The summed E-state index contributed by atoms with van der Waals surface area (Å²) in [6.45, 7) is 1.52. The van der Waals surface area contributed by atoms with Gasteiger partial charge in [-0.15, -0.1) is 0 Å². The number of hydrogen-bond acceptors (Lipinski definition) is 7. The van der Waals surface area contributed by atoms with Crippen molar-refractivity contribution in [2.45, 2.75) is 32.6 Å². The van der Waals surface area contributed by atoms with E-state index in [0.29, 0.717) is 30.8 Å². The summed E-state index contributed by atoms with van der Waals surface area (Å²) in [6, 6.07) is -2.71. The fourth-order valence-corrected chi connectivity index (χ4v) is 1.56. The topological polar surface area (TPSA) is 173 Å². The molecule has 10 nitrogen and oxygen atoms in total. The molecule has 0 aliphatic rings. The molecule has 0 radical (unpaired) electrons. The highest BCUT2D eigenvalue weighted by Crippen LogP contribution is 2.14. The predicted octanol–water partition coefficient (Wildman–Crippen LogP) is -0.846. The Morgan fingerprint density at radius 2 is 2.00 bits per heavy atom. The highest BCUT2D eigenvalue weighted by molar-refractivity contribution is 7.84. The highest BCUT2D eigenvalue weighted by atomic mass is 32.2. The van der Waals surface area contributed by atoms with E-state index in [1.807, 2.05) is 0 Å². The van der Waals surface area contributed by atoms with E-state index in [4.69, 9.17) is 35.0 Å². The average Bonchev–Trinajstić information content (AvgIpc) is 2.73. The molecule has 0 fully saturated rings. The third-order valence-electron chi connectivity index (χ3n) is 2.59. The monoisotopic (exact) mass is 426 g/mol. The maximum absolute atomic E-state index is 12.1. The van der Waals surface area contributed by atoms with Gasteiger partial charge in [0.1, 0.15) is 5.75 Å². The number of ether oxygens (including phenoxy) is 2. The first kappa shape index (κ1) is 13.5. The van der Waals surface area contributed by atoms with Crippen molar-refractivity contribution in [2.24, 2.45) is 5.72 Å². The largest absolute Gasteiger partial charge is 0.748 e. The molecule has 0 aliphatic carbocycles. The Kier molecular flexibility index (Phi) is 6.51. The second-order valence-electron chi connectivity index (χ2n) is 5.10. The van der Waals surface area contributed by atoms with E-state index in [2.05, 4.69) is 0 Å². The van der Waals surface area contributed by atoms with E-state index >= 15 is 0 Å². The van der Waals surface area contributed by atoms with Crippen LogP contribution < -0.4 is 21.2 Å². The van der Waals surface area contributed by atoms with Gasteiger partial charge in [0.05, 0.1) is 34.3 Å². The molecule has 11 heteroatoms. The number of benzene rings is 1. The third kappa shape index (κ3) is 15.6. The predicted molar refractivity (Wildman–Crippen MR) is 101 cm³/mol. The van der Waals surface area contributed by atoms with E-state index in [1.165, 1.54) is 6.92 Å². The normalized spacial score (nSPS) is 14.5. The molecule has 28 heavy (non-hydrogen) atoms. The lowest BCUT2D eigenvalue weighted by atomic mass is 10.2. The van der Waals surface area contributed by atoms with Gasteiger partial charge in [-0.25, -0.2) is 13.2 Å². The number of nitrogens with one attached hydrogen (secondary N) is 1. The van der Waals surface area contributed by atoms with Crippen LogP contribution in [0.25, 0.3) is 0 Å². The Bertz CT molecular complexity index is 1060. The lowest BCUT2D eigenvalue weighted by Gasteiger charge is -2.06. The van der Waals surface area contributed by atoms with Crippen LogP contribution in [0.3, 0.4) is 0 Å². The molecule has 5 N–H and O–H groups in total. The number of carbonyl (C=O) groups excluding carboxylic acids is 2. The minimum atomic E-state index is -3.92. The first-order valence-corrected chi connectivity index (χ1v) is 9.83. The smallest absolute Gasteiger partial charge is 0.338 e. The van der Waals surface area contributed by atoms with Crippen LogP contribution in [0.15, 0.2) is 24.2 Å². The minimum Gasteiger partial charge on any atom is -0.748 e. The van der Waals surface area contributed by atoms with Gasteiger partial charge in [-0.05, 0) is 50.4 Å². The van der Waals surface area contributed by atoms with Gasteiger partial charge in [-0.2, -0.15) is 0 Å². The van der Waals surface area contributed by atoms with Gasteiger partial charge < -0.3 is 14.0 Å². The van der Waals surface area contributed by atoms with Crippen LogP contribution in [0.4, 0.5) is 0 Å². The summed E-state index contributed by atoms with van der Waals surface area (Å²) in [7, 11) is -3.92. The first-order valence-electron chi connectivity index (χ1n) is 12.3. The number of hydrogen-bond donors (Lipinski definition) is 3. The number of nitrogens with two attached hydrogens (primary N) is 2. The summed E-state index contributed by atoms with van der Waals surface area (Å²) in [5.41, 5.74) is -0.578. The van der Waals surface area contributed by atoms with Gasteiger partial charge >= 0.3 is 17.9 Å². The number of carbonyl (C=O) groups is 2. The molecule has 0 unspecified atom stereocenters. The zero-order valence-corrected chi connectivity index (χ0v) is 16.2. The van der Waals surface area contributed by atoms with Gasteiger partial charge in [-0.3, -0.25) is 21.2 Å². The van der Waals surface area contributed by atoms with Gasteiger partial charge in [0, 0.05) is 12.7 Å². The van der Waals surface area contributed by atoms with Gasteiger partial charge in [0.15, 0.2) is 0 Å². The van der Waals surface area contributed by atoms with Crippen molar-refractivity contribution in [2.75, 3.05) is 19.4 Å². The first-order chi connectivity index (χ1) is 16.9. The molecule has 0 saturated carbocycles. The SMILES string of the molecule is CS(=O)(=O)[O-].[2H]c1c([2H])c(C(=O)OCC)c([2H])c([2H])c1OC(=O)CCCCCN([2H])C(N([2H])[2H])=[N+]([2H])[2H]. The molecular formula is C17H27N3O7S. The Hall–Kier alpha value is -2.66. The van der Waals surface area contributed by atoms with E-state index in [1.54, 1.807) is 0 Å². The molecular weight excluding hydrogens is 390 g/mol. The maximum Gasteiger partial charge on any atom is 0.338 e. The van der Waals surface area contributed by atoms with Crippen molar-refractivity contribution in [3.05, 3.63) is 29.7 Å². The Balaban J connectivity index is 0.00000235. The number of rotatable bonds is 9. The lowest BCUT2D eigenvalue weighted by molar-refractivity contribution is -0.134. The molecule has 0 bridgehead atoms. The molecule has 0 atom stereocenters. The van der Waals surface area contributed by atoms with Crippen molar-refractivity contribution >= 4 is 28.0 Å². The lowest BCUT2D eigenvalue weighted by Crippen LogP contribution is -2.54. The zero-order valence-electron chi connectivity index (χ0n) is 24.4. The van der Waals surface area contributed by atoms with Crippen molar-refractivity contribution < 1.29 is 50.0 Å². The second-order valence-corrected chi connectivity index (χ2v) is 6.50. The van der Waals surface area contributed by atoms with Crippen molar-refractivity contribution in [3.8, 4) is 5.75 Å². The van der Waals surface area contributed by atoms with Crippen molar-refractivity contribution in [1.29, 1.82) is 0 Å². The average molecular weight is 427 g/mol. The summed E-state index contributed by atoms with van der Waals surface area (Å²) < 4.78 is 105. The molecule has 1 rings (SSSR count). The zero-order chi connectivity index (χ0) is 29.1. The molecule has 158 valence electrons. The van der Waals surface area contributed by atoms with Crippen LogP contribution in [-0.2, 0) is 19.6 Å². The van der Waals surface area contributed by atoms with Crippen LogP contribution in [-0.4, -0.2) is 50.3 Å². The summed E-state index contributed by atoms with van der Waals surface area (Å²) in [4.78, 5) is 24.0. The third-order valence-corrected chi connectivity index (χ3v) is 2.59. The number of unbranched alkanes of at least 4 members (excludes halogenated alkanes) is 2. The van der Waals surface area contributed by atoms with Crippen LogP contribution in [0.1, 0.15) is 48.4 Å². The van der Waals surface area contributed by atoms with Gasteiger partial charge in [-0.1, -0.05) is 0 Å². The Labute approximate surface area is 177 Å². The quantitative estimate of drug-likeness (QED) is 0.113. The minimum absolute atomic E-state index is 0.000362. The van der Waals surface area contributed by atoms with Crippen LogP contribution in [0.2, 0.25) is 7.06 Å². The molecule has 0 aromatic heterocycles. The molecule has 0 amide bonds. The van der Waals surface area contributed by atoms with E-state index in [0.717, 1.165) is 0 Å². The molecule has 0 spiro atoms. The Morgan fingerprint density at radius 3 is 2.54 bits per heavy atom. The summed E-state index contributed by atoms with van der Waals surface area (Å²) >= 11 is 0. The molecule has 0 aliphatic heterocycles. The summed E-state index contributed by atoms with van der Waals surface area (Å²) in [6.07, 6.45) is 1.53. The van der Waals surface area contributed by atoms with E-state index in [9.17, 15) is 9.59 Å². The molecule has 1 aromatic carbocycles. The standard InChI is InChI=1S/C16H23N3O4.CH4O3S/c1-2-22-15(21)12-7-9-13(10-8-12)23-14(20)6-4-3-5-11-19-16(17)18;1-5(2,3)4/h7-10H,2-6,11H2,1H3,(H4,17,18,19);1H3,(H,2,3,4)/i7D,8D,9D,10D;/hD5. The fraction of sp³-hybridized carbons (Fsp3) is 0.471. The van der Waals surface area contributed by atoms with Crippen LogP contribution >= 0.6 is 0 Å². The molecule has 1 aromatic rings.